The first kappa shape index (κ1) is 21.4. The molecule has 0 spiro atoms. The molecule has 0 radical (unpaired) electrons. The van der Waals surface area contributed by atoms with Crippen molar-refractivity contribution in [1.29, 1.82) is 0 Å². The van der Waals surface area contributed by atoms with Crippen molar-refractivity contribution in [2.45, 2.75) is 44.3 Å². The molecule has 0 saturated heterocycles. The van der Waals surface area contributed by atoms with Crippen molar-refractivity contribution in [3.05, 3.63) is 59.5 Å². The third-order valence-electron chi connectivity index (χ3n) is 5.30. The number of ketones is 1. The van der Waals surface area contributed by atoms with E-state index < -0.39 is 18.2 Å². The van der Waals surface area contributed by atoms with Gasteiger partial charge in [0.25, 0.3) is 0 Å². The summed E-state index contributed by atoms with van der Waals surface area (Å²) in [6.45, 7) is 0. The van der Waals surface area contributed by atoms with Crippen LogP contribution in [0.4, 0.5) is 0 Å². The average Bonchev–Trinajstić information content (AvgIpc) is 3.23. The van der Waals surface area contributed by atoms with Gasteiger partial charge >= 0.3 is 5.97 Å². The van der Waals surface area contributed by atoms with Crippen LogP contribution in [0.25, 0.3) is 10.1 Å². The lowest BCUT2D eigenvalue weighted by Gasteiger charge is -2.16. The van der Waals surface area contributed by atoms with Crippen LogP contribution in [-0.2, 0) is 9.59 Å². The van der Waals surface area contributed by atoms with Crippen molar-refractivity contribution >= 4 is 33.2 Å². The largest absolute Gasteiger partial charge is 0.481 e. The van der Waals surface area contributed by atoms with E-state index in [0.717, 1.165) is 15.0 Å². The molecule has 4 atom stereocenters. The highest BCUT2D eigenvalue weighted by Gasteiger charge is 2.39. The number of fused-ring (bicyclic) bond motifs is 1. The Labute approximate surface area is 174 Å². The molecule has 1 heterocycles. The summed E-state index contributed by atoms with van der Waals surface area (Å²) in [4.78, 5) is 23.6. The first-order chi connectivity index (χ1) is 14.0. The number of thiophene rings is 1. The molecule has 6 heteroatoms. The number of carbonyl (C=O) groups excluding carboxylic acids is 1. The van der Waals surface area contributed by atoms with Crippen molar-refractivity contribution in [3.8, 4) is 0 Å². The van der Waals surface area contributed by atoms with Gasteiger partial charge in [-0.25, -0.2) is 0 Å². The van der Waals surface area contributed by atoms with E-state index in [1.54, 1.807) is 12.2 Å². The average molecular weight is 415 g/mol. The Morgan fingerprint density at radius 1 is 1.28 bits per heavy atom. The van der Waals surface area contributed by atoms with Gasteiger partial charge in [-0.05, 0) is 36.8 Å². The van der Waals surface area contributed by atoms with Gasteiger partial charge in [0, 0.05) is 34.3 Å². The van der Waals surface area contributed by atoms with E-state index >= 15 is 0 Å². The summed E-state index contributed by atoms with van der Waals surface area (Å²) in [5.74, 6) is -1.42. The van der Waals surface area contributed by atoms with E-state index in [4.69, 9.17) is 5.11 Å². The van der Waals surface area contributed by atoms with E-state index in [1.165, 1.54) is 11.3 Å². The molecule has 2 aromatic rings. The highest BCUT2D eigenvalue weighted by molar-refractivity contribution is 7.19. The quantitative estimate of drug-likeness (QED) is 0.421. The van der Waals surface area contributed by atoms with Gasteiger partial charge < -0.3 is 15.3 Å². The summed E-state index contributed by atoms with van der Waals surface area (Å²) in [6, 6.07) is 9.90. The third-order valence-corrected chi connectivity index (χ3v) is 6.49. The van der Waals surface area contributed by atoms with Crippen molar-refractivity contribution in [1.82, 2.24) is 0 Å². The van der Waals surface area contributed by atoms with Crippen LogP contribution in [0.1, 0.15) is 43.1 Å². The highest BCUT2D eigenvalue weighted by atomic mass is 32.1. The second-order valence-corrected chi connectivity index (χ2v) is 8.55. The summed E-state index contributed by atoms with van der Waals surface area (Å²) in [5.41, 5.74) is 0. The molecule has 1 aliphatic carbocycles. The number of carbonyl (C=O) groups is 2. The third kappa shape index (κ3) is 5.63. The van der Waals surface area contributed by atoms with Crippen LogP contribution in [0.15, 0.2) is 54.6 Å². The Morgan fingerprint density at radius 3 is 2.83 bits per heavy atom. The molecule has 3 rings (SSSR count). The maximum absolute atomic E-state index is 12.3. The Bertz CT molecular complexity index is 880. The molecule has 0 aliphatic heterocycles. The molecule has 3 N–H and O–H groups in total. The smallest absolute Gasteiger partial charge is 0.303 e. The second-order valence-electron chi connectivity index (χ2n) is 7.43. The number of hydrogen-bond donors (Lipinski definition) is 3. The molecule has 1 aromatic heterocycles. The van der Waals surface area contributed by atoms with Crippen LogP contribution in [-0.4, -0.2) is 33.2 Å². The highest BCUT2D eigenvalue weighted by Crippen LogP contribution is 2.35. The van der Waals surface area contributed by atoms with Gasteiger partial charge in [-0.15, -0.1) is 11.3 Å². The van der Waals surface area contributed by atoms with Crippen molar-refractivity contribution < 1.29 is 24.9 Å². The van der Waals surface area contributed by atoms with Crippen LogP contribution in [0.2, 0.25) is 0 Å². The molecule has 1 fully saturated rings. The maximum Gasteiger partial charge on any atom is 0.303 e. The first-order valence-corrected chi connectivity index (χ1v) is 10.7. The van der Waals surface area contributed by atoms with Gasteiger partial charge in [-0.1, -0.05) is 42.5 Å². The molecular formula is C23H26O5S. The van der Waals surface area contributed by atoms with Gasteiger partial charge in [-0.2, -0.15) is 0 Å². The zero-order chi connectivity index (χ0) is 20.8. The maximum atomic E-state index is 12.3. The standard InChI is InChI=1S/C23H26O5S/c24-18(22-13-15-7-5-6-9-21(15)29-22)12-11-17-16(19(25)14-20(17)26)8-3-1-2-4-10-23(27)28/h1,3,5-7,9,11-13,16-18,20,24,26H,2,4,8,10,14H2,(H,27,28)/t16-,17-,18?,20-/m1/s1. The molecule has 1 unspecified atom stereocenters. The van der Waals surface area contributed by atoms with Crippen LogP contribution >= 0.6 is 11.3 Å². The van der Waals surface area contributed by atoms with Crippen molar-refractivity contribution in [3.63, 3.8) is 0 Å². The fraction of sp³-hybridized carbons (Fsp3) is 0.391. The van der Waals surface area contributed by atoms with Crippen molar-refractivity contribution in [2.24, 2.45) is 11.8 Å². The normalized spacial score (nSPS) is 23.5. The second kappa shape index (κ2) is 9.96. The molecule has 29 heavy (non-hydrogen) atoms. The summed E-state index contributed by atoms with van der Waals surface area (Å²) >= 11 is 1.53. The molecule has 0 bridgehead atoms. The topological polar surface area (TPSA) is 94.8 Å². The molecule has 1 aliphatic rings. The Kier molecular flexibility index (Phi) is 7.36. The lowest BCUT2D eigenvalue weighted by atomic mass is 9.90. The molecule has 154 valence electrons. The Morgan fingerprint density at radius 2 is 2.07 bits per heavy atom. The fourth-order valence-corrected chi connectivity index (χ4v) is 4.77. The van der Waals surface area contributed by atoms with Crippen LogP contribution in [0.5, 0.6) is 0 Å². The number of carboxylic acid groups (broad SMARTS) is 1. The number of carboxylic acids is 1. The minimum atomic E-state index is -0.810. The summed E-state index contributed by atoms with van der Waals surface area (Å²) in [7, 11) is 0. The molecule has 1 saturated carbocycles. The number of rotatable bonds is 9. The zero-order valence-electron chi connectivity index (χ0n) is 16.1. The zero-order valence-corrected chi connectivity index (χ0v) is 16.9. The molecule has 1 aromatic carbocycles. The number of aliphatic carboxylic acids is 1. The number of unbranched alkanes of at least 4 members (excludes halogenated alkanes) is 1. The Hall–Kier alpha value is -2.28. The summed E-state index contributed by atoms with van der Waals surface area (Å²) in [5, 5.41) is 30.6. The van der Waals surface area contributed by atoms with Crippen LogP contribution < -0.4 is 0 Å². The summed E-state index contributed by atoms with van der Waals surface area (Å²) in [6.07, 6.45) is 7.71. The number of allylic oxidation sites excluding steroid dienone is 2. The van der Waals surface area contributed by atoms with Crippen molar-refractivity contribution in [2.75, 3.05) is 0 Å². The molecular weight excluding hydrogens is 388 g/mol. The Balaban J connectivity index is 1.61. The lowest BCUT2D eigenvalue weighted by Crippen LogP contribution is -2.18. The van der Waals surface area contributed by atoms with Gasteiger partial charge in [0.2, 0.25) is 0 Å². The minimum Gasteiger partial charge on any atom is -0.481 e. The van der Waals surface area contributed by atoms with Gasteiger partial charge in [-0.3, -0.25) is 9.59 Å². The number of benzene rings is 1. The summed E-state index contributed by atoms with van der Waals surface area (Å²) < 4.78 is 1.11. The fourth-order valence-electron chi connectivity index (χ4n) is 3.74. The molecule has 5 nitrogen and oxygen atoms in total. The van der Waals surface area contributed by atoms with Gasteiger partial charge in [0.15, 0.2) is 0 Å². The van der Waals surface area contributed by atoms with Crippen LogP contribution in [0.3, 0.4) is 0 Å². The predicted octanol–water partition coefficient (Wildman–Crippen LogP) is 4.26. The van der Waals surface area contributed by atoms with Crippen LogP contribution in [0, 0.1) is 11.8 Å². The predicted molar refractivity (Wildman–Crippen MR) is 114 cm³/mol. The number of Topliss-reactive ketones (excluding diaryl/α,β-unsaturated/α-hetero) is 1. The van der Waals surface area contributed by atoms with E-state index in [0.29, 0.717) is 19.3 Å². The number of hydrogen-bond acceptors (Lipinski definition) is 5. The van der Waals surface area contributed by atoms with E-state index in [-0.39, 0.29) is 30.5 Å². The number of aliphatic hydroxyl groups is 2. The lowest BCUT2D eigenvalue weighted by molar-refractivity contribution is -0.137. The number of aliphatic hydroxyl groups excluding tert-OH is 2. The SMILES string of the molecule is O=C(O)CCCC=CC[C@H]1C(=O)C[C@@H](O)[C@@H]1C=CC(O)c1cc2ccccc2s1. The molecule has 0 amide bonds. The first-order valence-electron chi connectivity index (χ1n) is 9.88. The van der Waals surface area contributed by atoms with E-state index in [9.17, 15) is 19.8 Å². The minimum absolute atomic E-state index is 0.0266. The van der Waals surface area contributed by atoms with E-state index in [2.05, 4.69) is 0 Å². The van der Waals surface area contributed by atoms with E-state index in [1.807, 2.05) is 42.5 Å². The van der Waals surface area contributed by atoms with Gasteiger partial charge in [0.05, 0.1) is 6.10 Å². The van der Waals surface area contributed by atoms with Gasteiger partial charge in [0.1, 0.15) is 11.9 Å². The monoisotopic (exact) mass is 414 g/mol.